The molecular formula is C23H22Cl3NO3. The van der Waals surface area contributed by atoms with Crippen LogP contribution in [-0.4, -0.2) is 14.2 Å². The van der Waals surface area contributed by atoms with E-state index in [2.05, 4.69) is 5.32 Å². The van der Waals surface area contributed by atoms with Crippen LogP contribution in [0.2, 0.25) is 15.1 Å². The van der Waals surface area contributed by atoms with E-state index >= 15 is 0 Å². The minimum absolute atomic E-state index is 0.290. The number of hydrogen-bond donors (Lipinski definition) is 1. The molecule has 0 unspecified atom stereocenters. The molecule has 0 saturated carbocycles. The van der Waals surface area contributed by atoms with Crippen LogP contribution in [0.4, 0.5) is 0 Å². The number of ether oxygens (including phenoxy) is 3. The fourth-order valence-corrected chi connectivity index (χ4v) is 3.60. The van der Waals surface area contributed by atoms with Crippen molar-refractivity contribution in [1.82, 2.24) is 5.32 Å². The SMILES string of the molecule is COc1ccccc1CNCc1cc(Cl)c(OCc2ccc(Cl)c(Cl)c2)c(OC)c1. The van der Waals surface area contributed by atoms with Gasteiger partial charge in [-0.1, -0.05) is 59.1 Å². The second kappa shape index (κ2) is 10.8. The van der Waals surface area contributed by atoms with Crippen LogP contribution in [0.1, 0.15) is 16.7 Å². The van der Waals surface area contributed by atoms with Crippen molar-refractivity contribution in [2.45, 2.75) is 19.7 Å². The second-order valence-electron chi connectivity index (χ2n) is 6.56. The number of hydrogen-bond acceptors (Lipinski definition) is 4. The summed E-state index contributed by atoms with van der Waals surface area (Å²) in [6.07, 6.45) is 0. The molecule has 30 heavy (non-hydrogen) atoms. The lowest BCUT2D eigenvalue weighted by molar-refractivity contribution is 0.284. The molecule has 7 heteroatoms. The molecule has 0 aliphatic heterocycles. The molecule has 0 atom stereocenters. The van der Waals surface area contributed by atoms with Gasteiger partial charge in [0.1, 0.15) is 12.4 Å². The number of halogens is 3. The number of para-hydroxylation sites is 1. The van der Waals surface area contributed by atoms with Crippen molar-refractivity contribution < 1.29 is 14.2 Å². The lowest BCUT2D eigenvalue weighted by Gasteiger charge is -2.15. The lowest BCUT2D eigenvalue weighted by Crippen LogP contribution is -2.13. The number of nitrogens with one attached hydrogen (secondary N) is 1. The highest BCUT2D eigenvalue weighted by Crippen LogP contribution is 2.37. The first-order valence-electron chi connectivity index (χ1n) is 9.27. The van der Waals surface area contributed by atoms with Gasteiger partial charge in [0.25, 0.3) is 0 Å². The average molecular weight is 467 g/mol. The molecule has 0 radical (unpaired) electrons. The van der Waals surface area contributed by atoms with E-state index in [1.165, 1.54) is 0 Å². The quantitative estimate of drug-likeness (QED) is 0.389. The summed E-state index contributed by atoms with van der Waals surface area (Å²) in [5.41, 5.74) is 2.94. The number of benzene rings is 3. The highest BCUT2D eigenvalue weighted by Gasteiger charge is 2.13. The van der Waals surface area contributed by atoms with Crippen LogP contribution in [0.25, 0.3) is 0 Å². The van der Waals surface area contributed by atoms with E-state index in [0.717, 1.165) is 22.4 Å². The molecule has 1 N–H and O–H groups in total. The van der Waals surface area contributed by atoms with Gasteiger partial charge in [-0.2, -0.15) is 0 Å². The summed E-state index contributed by atoms with van der Waals surface area (Å²) < 4.78 is 16.8. The third-order valence-corrected chi connectivity index (χ3v) is 5.51. The maximum atomic E-state index is 6.48. The number of rotatable bonds is 9. The van der Waals surface area contributed by atoms with Gasteiger partial charge in [-0.3, -0.25) is 0 Å². The molecule has 158 valence electrons. The Balaban J connectivity index is 1.66. The molecule has 0 saturated heterocycles. The van der Waals surface area contributed by atoms with Gasteiger partial charge < -0.3 is 19.5 Å². The molecule has 0 spiro atoms. The zero-order chi connectivity index (χ0) is 21.5. The Morgan fingerprint density at radius 1 is 0.733 bits per heavy atom. The molecule has 3 aromatic carbocycles. The van der Waals surface area contributed by atoms with E-state index in [-0.39, 0.29) is 0 Å². The van der Waals surface area contributed by atoms with Crippen LogP contribution in [-0.2, 0) is 19.7 Å². The smallest absolute Gasteiger partial charge is 0.180 e. The van der Waals surface area contributed by atoms with E-state index in [4.69, 9.17) is 49.0 Å². The zero-order valence-corrected chi connectivity index (χ0v) is 18.9. The van der Waals surface area contributed by atoms with E-state index < -0.39 is 0 Å². The molecule has 0 aliphatic carbocycles. The first-order chi connectivity index (χ1) is 14.5. The Hall–Kier alpha value is -2.11. The Bertz CT molecular complexity index is 1010. The summed E-state index contributed by atoms with van der Waals surface area (Å²) in [6, 6.07) is 17.0. The van der Waals surface area contributed by atoms with Gasteiger partial charge in [0, 0.05) is 18.7 Å². The van der Waals surface area contributed by atoms with Gasteiger partial charge in [-0.15, -0.1) is 0 Å². The van der Waals surface area contributed by atoms with Gasteiger partial charge in [0.15, 0.2) is 11.5 Å². The van der Waals surface area contributed by atoms with Gasteiger partial charge >= 0.3 is 0 Å². The highest BCUT2D eigenvalue weighted by molar-refractivity contribution is 6.42. The van der Waals surface area contributed by atoms with E-state index in [0.29, 0.717) is 46.3 Å². The van der Waals surface area contributed by atoms with Crippen LogP contribution >= 0.6 is 34.8 Å². The second-order valence-corrected chi connectivity index (χ2v) is 7.78. The Morgan fingerprint density at radius 2 is 1.47 bits per heavy atom. The summed E-state index contributed by atoms with van der Waals surface area (Å²) in [7, 11) is 3.25. The molecule has 0 bridgehead atoms. The van der Waals surface area contributed by atoms with Gasteiger partial charge in [-0.05, 0) is 41.5 Å². The van der Waals surface area contributed by atoms with Crippen molar-refractivity contribution in [3.63, 3.8) is 0 Å². The fourth-order valence-electron chi connectivity index (χ4n) is 2.99. The maximum Gasteiger partial charge on any atom is 0.180 e. The fraction of sp³-hybridized carbons (Fsp3) is 0.217. The molecule has 4 nitrogen and oxygen atoms in total. The Labute approximate surface area is 191 Å². The summed E-state index contributed by atoms with van der Waals surface area (Å²) in [6.45, 7) is 1.57. The monoisotopic (exact) mass is 465 g/mol. The molecule has 0 amide bonds. The largest absolute Gasteiger partial charge is 0.496 e. The summed E-state index contributed by atoms with van der Waals surface area (Å²) in [5.74, 6) is 1.90. The van der Waals surface area contributed by atoms with Crippen LogP contribution in [0.15, 0.2) is 54.6 Å². The van der Waals surface area contributed by atoms with Crippen LogP contribution in [0.3, 0.4) is 0 Å². The molecule has 3 aromatic rings. The van der Waals surface area contributed by atoms with Crippen molar-refractivity contribution in [3.05, 3.63) is 86.4 Å². The predicted octanol–water partition coefficient (Wildman–Crippen LogP) is 6.53. The summed E-state index contributed by atoms with van der Waals surface area (Å²) in [5, 5.41) is 4.85. The van der Waals surface area contributed by atoms with Crippen LogP contribution in [0, 0.1) is 0 Å². The predicted molar refractivity (Wildman–Crippen MR) is 122 cm³/mol. The summed E-state index contributed by atoms with van der Waals surface area (Å²) >= 11 is 18.5. The minimum atomic E-state index is 0.290. The normalized spacial score (nSPS) is 10.7. The Kier molecular flexibility index (Phi) is 8.11. The first-order valence-corrected chi connectivity index (χ1v) is 10.4. The van der Waals surface area contributed by atoms with Crippen molar-refractivity contribution in [3.8, 4) is 17.2 Å². The lowest BCUT2D eigenvalue weighted by atomic mass is 10.1. The Morgan fingerprint density at radius 3 is 2.20 bits per heavy atom. The van der Waals surface area contributed by atoms with Crippen molar-refractivity contribution >= 4 is 34.8 Å². The molecule has 0 fully saturated rings. The standard InChI is InChI=1S/C23H22Cl3NO3/c1-28-21-6-4-3-5-17(21)13-27-12-16-10-20(26)23(22(11-16)29-2)30-14-15-7-8-18(24)19(25)9-15/h3-11,27H,12-14H2,1-2H3. The van der Waals surface area contributed by atoms with Crippen LogP contribution < -0.4 is 19.5 Å². The number of methoxy groups -OCH3 is 2. The minimum Gasteiger partial charge on any atom is -0.496 e. The topological polar surface area (TPSA) is 39.7 Å². The zero-order valence-electron chi connectivity index (χ0n) is 16.7. The maximum absolute atomic E-state index is 6.48. The van der Waals surface area contributed by atoms with Crippen molar-refractivity contribution in [1.29, 1.82) is 0 Å². The van der Waals surface area contributed by atoms with Crippen LogP contribution in [0.5, 0.6) is 17.2 Å². The van der Waals surface area contributed by atoms with Crippen molar-refractivity contribution in [2.24, 2.45) is 0 Å². The van der Waals surface area contributed by atoms with E-state index in [1.54, 1.807) is 26.4 Å². The third-order valence-electron chi connectivity index (χ3n) is 4.49. The molecule has 0 aliphatic rings. The van der Waals surface area contributed by atoms with Crippen molar-refractivity contribution in [2.75, 3.05) is 14.2 Å². The molecular weight excluding hydrogens is 445 g/mol. The van der Waals surface area contributed by atoms with E-state index in [9.17, 15) is 0 Å². The highest BCUT2D eigenvalue weighted by atomic mass is 35.5. The van der Waals surface area contributed by atoms with Gasteiger partial charge in [0.05, 0.1) is 29.3 Å². The summed E-state index contributed by atoms with van der Waals surface area (Å²) in [4.78, 5) is 0. The first kappa shape index (κ1) is 22.6. The average Bonchev–Trinajstić information content (AvgIpc) is 2.75. The third kappa shape index (κ3) is 5.73. The molecule has 3 rings (SSSR count). The molecule has 0 aromatic heterocycles. The van der Waals surface area contributed by atoms with Gasteiger partial charge in [0.2, 0.25) is 0 Å². The molecule has 0 heterocycles. The van der Waals surface area contributed by atoms with E-state index in [1.807, 2.05) is 42.5 Å². The van der Waals surface area contributed by atoms with Gasteiger partial charge in [-0.25, -0.2) is 0 Å².